The lowest BCUT2D eigenvalue weighted by atomic mass is 9.99. The van der Waals surface area contributed by atoms with E-state index in [1.807, 2.05) is 18.2 Å². The van der Waals surface area contributed by atoms with Crippen molar-refractivity contribution >= 4 is 5.97 Å². The van der Waals surface area contributed by atoms with Crippen molar-refractivity contribution in [1.29, 1.82) is 0 Å². The van der Waals surface area contributed by atoms with Crippen molar-refractivity contribution in [2.75, 3.05) is 27.4 Å². The maximum Gasteiger partial charge on any atom is 0.308 e. The number of fused-ring (bicyclic) bond motifs is 1. The summed E-state index contributed by atoms with van der Waals surface area (Å²) in [7, 11) is 3.01. The van der Waals surface area contributed by atoms with Gasteiger partial charge in [-0.2, -0.15) is 0 Å². The number of para-hydroxylation sites is 1. The molecular weight excluding hydrogens is 312 g/mol. The summed E-state index contributed by atoms with van der Waals surface area (Å²) >= 11 is 0. The SMILES string of the molecule is COc1cc(-c2cccc3c2OCCO3)cc(OC)c1CC(=O)O. The van der Waals surface area contributed by atoms with Gasteiger partial charge in [-0.3, -0.25) is 4.79 Å². The van der Waals surface area contributed by atoms with E-state index in [0.717, 1.165) is 11.1 Å². The van der Waals surface area contributed by atoms with Gasteiger partial charge in [-0.25, -0.2) is 0 Å². The highest BCUT2D eigenvalue weighted by molar-refractivity contribution is 5.79. The Balaban J connectivity index is 2.14. The first-order valence-corrected chi connectivity index (χ1v) is 7.49. The molecule has 0 spiro atoms. The Morgan fingerprint density at radius 3 is 2.42 bits per heavy atom. The topological polar surface area (TPSA) is 74.2 Å². The van der Waals surface area contributed by atoms with Crippen LogP contribution in [0.3, 0.4) is 0 Å². The van der Waals surface area contributed by atoms with Crippen molar-refractivity contribution in [3.63, 3.8) is 0 Å². The highest BCUT2D eigenvalue weighted by atomic mass is 16.6. The summed E-state index contributed by atoms with van der Waals surface area (Å²) in [6.07, 6.45) is -0.181. The summed E-state index contributed by atoms with van der Waals surface area (Å²) in [5.41, 5.74) is 2.14. The van der Waals surface area contributed by atoms with Gasteiger partial charge in [0.05, 0.1) is 20.6 Å². The summed E-state index contributed by atoms with van der Waals surface area (Å²) in [6, 6.07) is 9.22. The first-order valence-electron chi connectivity index (χ1n) is 7.49. The lowest BCUT2D eigenvalue weighted by Gasteiger charge is -2.22. The Bertz CT molecular complexity index is 743. The van der Waals surface area contributed by atoms with Crippen LogP contribution in [0.1, 0.15) is 5.56 Å². The number of carboxylic acid groups (broad SMARTS) is 1. The van der Waals surface area contributed by atoms with Crippen LogP contribution in [0.5, 0.6) is 23.0 Å². The molecule has 1 aliphatic rings. The fraction of sp³-hybridized carbons (Fsp3) is 0.278. The third-order valence-electron chi connectivity index (χ3n) is 3.81. The first-order chi connectivity index (χ1) is 11.6. The van der Waals surface area contributed by atoms with Crippen LogP contribution < -0.4 is 18.9 Å². The van der Waals surface area contributed by atoms with Crippen molar-refractivity contribution in [2.24, 2.45) is 0 Å². The number of hydrogen-bond acceptors (Lipinski definition) is 5. The number of carbonyl (C=O) groups is 1. The van der Waals surface area contributed by atoms with Crippen molar-refractivity contribution in [3.8, 4) is 34.1 Å². The van der Waals surface area contributed by atoms with Crippen LogP contribution in [-0.2, 0) is 11.2 Å². The Morgan fingerprint density at radius 1 is 1.12 bits per heavy atom. The number of ether oxygens (including phenoxy) is 4. The molecule has 126 valence electrons. The number of benzene rings is 2. The van der Waals surface area contributed by atoms with E-state index in [2.05, 4.69) is 0 Å². The summed E-state index contributed by atoms with van der Waals surface area (Å²) in [5.74, 6) is 1.32. The van der Waals surface area contributed by atoms with Crippen LogP contribution >= 0.6 is 0 Å². The van der Waals surface area contributed by atoms with Crippen LogP contribution in [-0.4, -0.2) is 38.5 Å². The fourth-order valence-corrected chi connectivity index (χ4v) is 2.77. The van der Waals surface area contributed by atoms with Gasteiger partial charge in [0, 0.05) is 11.1 Å². The second kappa shape index (κ2) is 6.70. The Morgan fingerprint density at radius 2 is 1.79 bits per heavy atom. The van der Waals surface area contributed by atoms with E-state index in [4.69, 9.17) is 24.1 Å². The van der Waals surface area contributed by atoms with Crippen molar-refractivity contribution in [1.82, 2.24) is 0 Å². The van der Waals surface area contributed by atoms with Crippen LogP contribution in [0.15, 0.2) is 30.3 Å². The second-order valence-electron chi connectivity index (χ2n) is 5.26. The lowest BCUT2D eigenvalue weighted by molar-refractivity contribution is -0.136. The molecule has 0 amide bonds. The smallest absolute Gasteiger partial charge is 0.308 e. The van der Waals surface area contributed by atoms with Gasteiger partial charge in [-0.15, -0.1) is 0 Å². The zero-order valence-corrected chi connectivity index (χ0v) is 13.5. The zero-order valence-electron chi connectivity index (χ0n) is 13.5. The van der Waals surface area contributed by atoms with Gasteiger partial charge >= 0.3 is 5.97 Å². The number of hydrogen-bond donors (Lipinski definition) is 1. The molecule has 0 fully saturated rings. The molecule has 0 atom stereocenters. The number of carboxylic acids is 1. The van der Waals surface area contributed by atoms with Gasteiger partial charge in [0.25, 0.3) is 0 Å². The first kappa shape index (κ1) is 16.0. The standard InChI is InChI=1S/C18H18O6/c1-21-15-8-11(9-16(22-2)13(15)10-17(19)20)12-4-3-5-14-18(12)24-7-6-23-14/h3-5,8-9H,6-7,10H2,1-2H3,(H,19,20). The molecule has 0 saturated heterocycles. The third-order valence-corrected chi connectivity index (χ3v) is 3.81. The van der Waals surface area contributed by atoms with Crippen LogP contribution in [0.4, 0.5) is 0 Å². The van der Waals surface area contributed by atoms with Crippen LogP contribution in [0.25, 0.3) is 11.1 Å². The molecule has 24 heavy (non-hydrogen) atoms. The molecule has 1 aliphatic heterocycles. The molecule has 6 nitrogen and oxygen atoms in total. The van der Waals surface area contributed by atoms with Gasteiger partial charge in [-0.05, 0) is 23.8 Å². The molecule has 6 heteroatoms. The molecular formula is C18H18O6. The van der Waals surface area contributed by atoms with Crippen molar-refractivity contribution < 1.29 is 28.8 Å². The van der Waals surface area contributed by atoms with Gasteiger partial charge < -0.3 is 24.1 Å². The average Bonchev–Trinajstić information content (AvgIpc) is 2.61. The second-order valence-corrected chi connectivity index (χ2v) is 5.26. The number of rotatable bonds is 5. The molecule has 2 aromatic carbocycles. The quantitative estimate of drug-likeness (QED) is 0.909. The predicted molar refractivity (Wildman–Crippen MR) is 87.3 cm³/mol. The minimum atomic E-state index is -0.951. The molecule has 3 rings (SSSR count). The molecule has 2 aromatic rings. The van der Waals surface area contributed by atoms with Crippen LogP contribution in [0.2, 0.25) is 0 Å². The van der Waals surface area contributed by atoms with Gasteiger partial charge in [0.2, 0.25) is 0 Å². The van der Waals surface area contributed by atoms with E-state index in [9.17, 15) is 4.79 Å². The summed E-state index contributed by atoms with van der Waals surface area (Å²) < 4.78 is 22.1. The van der Waals surface area contributed by atoms with E-state index in [0.29, 0.717) is 41.8 Å². The van der Waals surface area contributed by atoms with E-state index in [-0.39, 0.29) is 6.42 Å². The Hall–Kier alpha value is -2.89. The van der Waals surface area contributed by atoms with Crippen molar-refractivity contribution in [3.05, 3.63) is 35.9 Å². The molecule has 1 N–H and O–H groups in total. The fourth-order valence-electron chi connectivity index (χ4n) is 2.77. The molecule has 0 bridgehead atoms. The molecule has 0 radical (unpaired) electrons. The zero-order chi connectivity index (χ0) is 17.1. The van der Waals surface area contributed by atoms with Crippen molar-refractivity contribution in [2.45, 2.75) is 6.42 Å². The minimum absolute atomic E-state index is 0.181. The molecule has 0 unspecified atom stereocenters. The monoisotopic (exact) mass is 330 g/mol. The van der Waals surface area contributed by atoms with Gasteiger partial charge in [-0.1, -0.05) is 12.1 Å². The van der Waals surface area contributed by atoms with E-state index >= 15 is 0 Å². The summed E-state index contributed by atoms with van der Waals surface area (Å²) in [4.78, 5) is 11.1. The number of aliphatic carboxylic acids is 1. The molecule has 0 saturated carbocycles. The number of methoxy groups -OCH3 is 2. The van der Waals surface area contributed by atoms with Gasteiger partial charge in [0.15, 0.2) is 11.5 Å². The van der Waals surface area contributed by atoms with E-state index in [1.54, 1.807) is 12.1 Å². The van der Waals surface area contributed by atoms with E-state index in [1.165, 1.54) is 14.2 Å². The van der Waals surface area contributed by atoms with E-state index < -0.39 is 5.97 Å². The third kappa shape index (κ3) is 2.95. The predicted octanol–water partition coefficient (Wildman–Crippen LogP) is 2.77. The maximum atomic E-state index is 11.1. The van der Waals surface area contributed by atoms with Crippen LogP contribution in [0, 0.1) is 0 Å². The van der Waals surface area contributed by atoms with Gasteiger partial charge in [0.1, 0.15) is 24.7 Å². The molecule has 0 aromatic heterocycles. The largest absolute Gasteiger partial charge is 0.496 e. The average molecular weight is 330 g/mol. The summed E-state index contributed by atoms with van der Waals surface area (Å²) in [6.45, 7) is 0.996. The highest BCUT2D eigenvalue weighted by Gasteiger charge is 2.21. The minimum Gasteiger partial charge on any atom is -0.496 e. The molecule has 1 heterocycles. The molecule has 0 aliphatic carbocycles. The highest BCUT2D eigenvalue weighted by Crippen LogP contribution is 2.43. The maximum absolute atomic E-state index is 11.1. The normalized spacial score (nSPS) is 12.6. The lowest BCUT2D eigenvalue weighted by Crippen LogP contribution is -2.15. The Kier molecular flexibility index (Phi) is 4.46. The Labute approximate surface area is 139 Å². The summed E-state index contributed by atoms with van der Waals surface area (Å²) in [5, 5.41) is 9.10.